The third kappa shape index (κ3) is 5.36. The Labute approximate surface area is 169 Å². The molecule has 4 saturated carbocycles. The number of nitrogens with one attached hydrogen (secondary N) is 3. The van der Waals surface area contributed by atoms with Gasteiger partial charge in [0.15, 0.2) is 0 Å². The standard InChI is InChI=1S/C20H34N4O2.ClH/c25-18(13-20-10-15-7-16(11-20)9-17(8-15)12-20)23-14-19(26)22-3-6-24-4-1-21-2-5-24;/h15-17,21H,1-14H2,(H,22,26)(H,23,25);1H. The van der Waals surface area contributed by atoms with Gasteiger partial charge in [-0.3, -0.25) is 14.5 Å². The summed E-state index contributed by atoms with van der Waals surface area (Å²) in [5.41, 5.74) is 0.248. The first-order chi connectivity index (χ1) is 12.6. The van der Waals surface area contributed by atoms with E-state index in [0.717, 1.165) is 50.5 Å². The fraction of sp³-hybridized carbons (Fsp3) is 0.900. The lowest BCUT2D eigenvalue weighted by Crippen LogP contribution is -2.49. The normalized spacial score (nSPS) is 34.7. The van der Waals surface area contributed by atoms with E-state index in [-0.39, 0.29) is 36.2 Å². The van der Waals surface area contributed by atoms with Crippen LogP contribution < -0.4 is 16.0 Å². The average molecular weight is 399 g/mol. The lowest BCUT2D eigenvalue weighted by Gasteiger charge is -2.56. The largest absolute Gasteiger partial charge is 0.353 e. The number of amides is 2. The van der Waals surface area contributed by atoms with Crippen LogP contribution in [0, 0.1) is 23.2 Å². The summed E-state index contributed by atoms with van der Waals surface area (Å²) in [5, 5.41) is 9.12. The number of piperazine rings is 1. The molecule has 4 aliphatic carbocycles. The molecule has 0 unspecified atom stereocenters. The maximum absolute atomic E-state index is 12.4. The second-order valence-corrected chi connectivity index (χ2v) is 9.31. The Kier molecular flexibility index (Phi) is 7.03. The van der Waals surface area contributed by atoms with Crippen LogP contribution in [0.25, 0.3) is 0 Å². The SMILES string of the molecule is Cl.O=C(CNC(=O)CC12CC3CC(CC(C3)C1)C2)NCCN1CCNCC1. The van der Waals surface area contributed by atoms with Gasteiger partial charge < -0.3 is 16.0 Å². The summed E-state index contributed by atoms with van der Waals surface area (Å²) in [6.45, 7) is 5.78. The van der Waals surface area contributed by atoms with Crippen LogP contribution in [0.15, 0.2) is 0 Å². The summed E-state index contributed by atoms with van der Waals surface area (Å²) in [4.78, 5) is 26.8. The molecule has 0 aromatic carbocycles. The molecule has 4 bridgehead atoms. The van der Waals surface area contributed by atoms with Gasteiger partial charge in [-0.15, -0.1) is 12.4 Å². The van der Waals surface area contributed by atoms with Gasteiger partial charge in [-0.25, -0.2) is 0 Å². The van der Waals surface area contributed by atoms with Crippen LogP contribution in [0.5, 0.6) is 0 Å². The van der Waals surface area contributed by atoms with E-state index in [1.54, 1.807) is 0 Å². The number of nitrogens with zero attached hydrogens (tertiary/aromatic N) is 1. The van der Waals surface area contributed by atoms with Crippen molar-refractivity contribution >= 4 is 24.2 Å². The number of carbonyl (C=O) groups excluding carboxylic acids is 2. The van der Waals surface area contributed by atoms with E-state index in [4.69, 9.17) is 0 Å². The molecule has 0 spiro atoms. The molecule has 0 atom stereocenters. The van der Waals surface area contributed by atoms with E-state index < -0.39 is 0 Å². The minimum Gasteiger partial charge on any atom is -0.353 e. The van der Waals surface area contributed by atoms with Gasteiger partial charge in [0.25, 0.3) is 0 Å². The van der Waals surface area contributed by atoms with Crippen molar-refractivity contribution in [3.8, 4) is 0 Å². The van der Waals surface area contributed by atoms with Crippen molar-refractivity contribution in [3.63, 3.8) is 0 Å². The fourth-order valence-electron chi connectivity index (χ4n) is 6.44. The van der Waals surface area contributed by atoms with Crippen molar-refractivity contribution in [1.82, 2.24) is 20.9 Å². The second kappa shape index (κ2) is 9.10. The molecule has 154 valence electrons. The molecule has 1 aliphatic heterocycles. The van der Waals surface area contributed by atoms with Crippen molar-refractivity contribution in [2.45, 2.75) is 44.9 Å². The highest BCUT2D eigenvalue weighted by molar-refractivity contribution is 5.85. The zero-order valence-corrected chi connectivity index (χ0v) is 17.1. The first-order valence-corrected chi connectivity index (χ1v) is 10.6. The molecule has 2 amide bonds. The van der Waals surface area contributed by atoms with Gasteiger partial charge in [0, 0.05) is 45.7 Å². The van der Waals surface area contributed by atoms with Crippen LogP contribution in [0.2, 0.25) is 0 Å². The lowest BCUT2D eigenvalue weighted by atomic mass is 9.49. The molecular weight excluding hydrogens is 364 g/mol. The second-order valence-electron chi connectivity index (χ2n) is 9.31. The van der Waals surface area contributed by atoms with Gasteiger partial charge in [-0.2, -0.15) is 0 Å². The average Bonchev–Trinajstić information content (AvgIpc) is 2.59. The summed E-state index contributed by atoms with van der Waals surface area (Å²) in [5.74, 6) is 2.59. The minimum absolute atomic E-state index is 0. The Hall–Kier alpha value is -0.850. The van der Waals surface area contributed by atoms with Gasteiger partial charge in [0.2, 0.25) is 11.8 Å². The van der Waals surface area contributed by atoms with Gasteiger partial charge in [-0.1, -0.05) is 0 Å². The Bertz CT molecular complexity index is 501. The Morgan fingerprint density at radius 2 is 1.52 bits per heavy atom. The molecule has 0 aromatic rings. The quantitative estimate of drug-likeness (QED) is 0.601. The summed E-state index contributed by atoms with van der Waals surface area (Å²) < 4.78 is 0. The highest BCUT2D eigenvalue weighted by Gasteiger charge is 2.51. The van der Waals surface area contributed by atoms with Crippen molar-refractivity contribution < 1.29 is 9.59 Å². The first kappa shape index (κ1) is 20.9. The third-order valence-corrected chi connectivity index (χ3v) is 7.11. The van der Waals surface area contributed by atoms with Gasteiger partial charge >= 0.3 is 0 Å². The number of carbonyl (C=O) groups is 2. The van der Waals surface area contributed by atoms with E-state index in [1.807, 2.05) is 0 Å². The fourth-order valence-corrected chi connectivity index (χ4v) is 6.44. The van der Waals surface area contributed by atoms with E-state index in [2.05, 4.69) is 20.9 Å². The molecule has 0 aromatic heterocycles. The minimum atomic E-state index is -0.0704. The van der Waals surface area contributed by atoms with Crippen LogP contribution in [0.3, 0.4) is 0 Å². The van der Waals surface area contributed by atoms with E-state index in [9.17, 15) is 9.59 Å². The van der Waals surface area contributed by atoms with Gasteiger partial charge in [-0.05, 0) is 61.7 Å². The monoisotopic (exact) mass is 398 g/mol. The highest BCUT2D eigenvalue weighted by Crippen LogP contribution is 2.61. The highest BCUT2D eigenvalue weighted by atomic mass is 35.5. The van der Waals surface area contributed by atoms with E-state index >= 15 is 0 Å². The topological polar surface area (TPSA) is 73.5 Å². The van der Waals surface area contributed by atoms with Crippen molar-refractivity contribution in [3.05, 3.63) is 0 Å². The van der Waals surface area contributed by atoms with Gasteiger partial charge in [0.05, 0.1) is 6.54 Å². The van der Waals surface area contributed by atoms with E-state index in [1.165, 1.54) is 38.5 Å². The summed E-state index contributed by atoms with van der Waals surface area (Å²) in [6.07, 6.45) is 8.55. The maximum atomic E-state index is 12.4. The first-order valence-electron chi connectivity index (χ1n) is 10.6. The zero-order valence-electron chi connectivity index (χ0n) is 16.3. The van der Waals surface area contributed by atoms with E-state index in [0.29, 0.717) is 13.0 Å². The Morgan fingerprint density at radius 1 is 0.926 bits per heavy atom. The molecule has 5 fully saturated rings. The van der Waals surface area contributed by atoms with Crippen LogP contribution in [0.4, 0.5) is 0 Å². The molecule has 5 aliphatic rings. The molecule has 6 nitrogen and oxygen atoms in total. The number of rotatable bonds is 7. The summed E-state index contributed by atoms with van der Waals surface area (Å²) >= 11 is 0. The zero-order chi connectivity index (χ0) is 18.0. The molecule has 1 saturated heterocycles. The molecule has 7 heteroatoms. The smallest absolute Gasteiger partial charge is 0.239 e. The summed E-state index contributed by atoms with van der Waals surface area (Å²) in [7, 11) is 0. The van der Waals surface area contributed by atoms with Gasteiger partial charge in [0.1, 0.15) is 0 Å². The van der Waals surface area contributed by atoms with Crippen LogP contribution in [-0.4, -0.2) is 62.5 Å². The van der Waals surface area contributed by atoms with Crippen LogP contribution in [0.1, 0.15) is 44.9 Å². The molecule has 27 heavy (non-hydrogen) atoms. The molecule has 1 heterocycles. The molecule has 3 N–H and O–H groups in total. The number of halogens is 1. The Balaban J connectivity index is 0.00000210. The number of hydrogen-bond acceptors (Lipinski definition) is 4. The maximum Gasteiger partial charge on any atom is 0.239 e. The molecule has 0 radical (unpaired) electrons. The predicted molar refractivity (Wildman–Crippen MR) is 108 cm³/mol. The molecule has 5 rings (SSSR count). The summed E-state index contributed by atoms with van der Waals surface area (Å²) in [6, 6.07) is 0. The third-order valence-electron chi connectivity index (χ3n) is 7.11. The van der Waals surface area contributed by atoms with Crippen LogP contribution >= 0.6 is 12.4 Å². The van der Waals surface area contributed by atoms with Crippen LogP contribution in [-0.2, 0) is 9.59 Å². The van der Waals surface area contributed by atoms with Crippen molar-refractivity contribution in [2.24, 2.45) is 23.2 Å². The Morgan fingerprint density at radius 3 is 2.11 bits per heavy atom. The predicted octanol–water partition coefficient (Wildman–Crippen LogP) is 1.15. The van der Waals surface area contributed by atoms with Crippen molar-refractivity contribution in [2.75, 3.05) is 45.8 Å². The number of hydrogen-bond donors (Lipinski definition) is 3. The molecular formula is C20H35ClN4O2. The van der Waals surface area contributed by atoms with Crippen molar-refractivity contribution in [1.29, 1.82) is 0 Å². The lowest BCUT2D eigenvalue weighted by molar-refractivity contribution is -0.131.